The van der Waals surface area contributed by atoms with E-state index in [4.69, 9.17) is 4.74 Å². The van der Waals surface area contributed by atoms with Gasteiger partial charge in [0.2, 0.25) is 0 Å². The second kappa shape index (κ2) is 8.07. The van der Waals surface area contributed by atoms with Crippen LogP contribution in [0.25, 0.3) is 0 Å². The Balaban J connectivity index is 1.72. The van der Waals surface area contributed by atoms with Crippen molar-refractivity contribution in [2.24, 2.45) is 0 Å². The molecule has 0 aliphatic rings. The monoisotopic (exact) mass is 284 g/mol. The Labute approximate surface area is 125 Å². The van der Waals surface area contributed by atoms with E-state index in [1.54, 1.807) is 13.1 Å². The lowest BCUT2D eigenvalue weighted by Gasteiger charge is -2.10. The van der Waals surface area contributed by atoms with Gasteiger partial charge in [0.1, 0.15) is 0 Å². The van der Waals surface area contributed by atoms with Crippen LogP contribution in [0, 0.1) is 0 Å². The lowest BCUT2D eigenvalue weighted by atomic mass is 10.1. The third-order valence-electron chi connectivity index (χ3n) is 3.08. The van der Waals surface area contributed by atoms with E-state index in [-0.39, 0.29) is 5.91 Å². The van der Waals surface area contributed by atoms with Crippen LogP contribution in [0.3, 0.4) is 0 Å². The average molecular weight is 284 g/mol. The number of carbonyl (C=O) groups excluding carboxylic acids is 1. The molecule has 4 heteroatoms. The van der Waals surface area contributed by atoms with Gasteiger partial charge in [0.15, 0.2) is 0 Å². The molecule has 0 aromatic heterocycles. The molecule has 2 aromatic rings. The maximum Gasteiger partial charge on any atom is 0.253 e. The smallest absolute Gasteiger partial charge is 0.253 e. The molecule has 0 spiro atoms. The van der Waals surface area contributed by atoms with E-state index in [1.807, 2.05) is 48.5 Å². The molecule has 0 atom stereocenters. The van der Waals surface area contributed by atoms with Gasteiger partial charge in [-0.25, -0.2) is 0 Å². The summed E-state index contributed by atoms with van der Waals surface area (Å²) in [7, 11) is 1.80. The molecule has 0 saturated heterocycles. The number of rotatable bonds is 7. The predicted octanol–water partition coefficient (Wildman–Crippen LogP) is 2.67. The lowest BCUT2D eigenvalue weighted by molar-refractivity contribution is 0.0901. The summed E-state index contributed by atoms with van der Waals surface area (Å²) < 4.78 is 5.53. The van der Waals surface area contributed by atoms with Crippen molar-refractivity contribution in [3.63, 3.8) is 0 Å². The summed E-state index contributed by atoms with van der Waals surface area (Å²) in [5.41, 5.74) is 2.59. The first-order valence-electron chi connectivity index (χ1n) is 6.98. The molecule has 4 nitrogen and oxygen atoms in total. The number of ether oxygens (including phenoxy) is 1. The first-order chi connectivity index (χ1) is 10.3. The highest BCUT2D eigenvalue weighted by Gasteiger charge is 2.08. The quantitative estimate of drug-likeness (QED) is 0.769. The molecule has 0 radical (unpaired) electrons. The van der Waals surface area contributed by atoms with Crippen LogP contribution in [0.4, 0.5) is 5.69 Å². The zero-order valence-corrected chi connectivity index (χ0v) is 12.1. The predicted molar refractivity (Wildman–Crippen MR) is 84.4 cm³/mol. The topological polar surface area (TPSA) is 50.4 Å². The van der Waals surface area contributed by atoms with Crippen LogP contribution < -0.4 is 10.6 Å². The molecule has 2 N–H and O–H groups in total. The van der Waals surface area contributed by atoms with Gasteiger partial charge in [-0.1, -0.05) is 42.5 Å². The maximum atomic E-state index is 12.1. The van der Waals surface area contributed by atoms with Gasteiger partial charge in [0, 0.05) is 19.3 Å². The number of hydrogen-bond acceptors (Lipinski definition) is 3. The van der Waals surface area contributed by atoms with Crippen LogP contribution in [0.2, 0.25) is 0 Å². The zero-order valence-electron chi connectivity index (χ0n) is 12.1. The van der Waals surface area contributed by atoms with Gasteiger partial charge in [-0.3, -0.25) is 4.79 Å². The van der Waals surface area contributed by atoms with E-state index >= 15 is 0 Å². The summed E-state index contributed by atoms with van der Waals surface area (Å²) in [5, 5.41) is 5.86. The summed E-state index contributed by atoms with van der Waals surface area (Å²) >= 11 is 0. The fourth-order valence-electron chi connectivity index (χ4n) is 2.00. The first kappa shape index (κ1) is 15.1. The third kappa shape index (κ3) is 4.61. The Bertz CT molecular complexity index is 570. The molecule has 0 saturated carbocycles. The second-order valence-electron chi connectivity index (χ2n) is 4.59. The minimum absolute atomic E-state index is 0.0942. The van der Waals surface area contributed by atoms with E-state index in [9.17, 15) is 4.79 Å². The fourth-order valence-corrected chi connectivity index (χ4v) is 2.00. The number of nitrogens with one attached hydrogen (secondary N) is 2. The van der Waals surface area contributed by atoms with Gasteiger partial charge < -0.3 is 15.4 Å². The number of carbonyl (C=O) groups is 1. The number of anilines is 1. The molecule has 0 aliphatic carbocycles. The van der Waals surface area contributed by atoms with Crippen molar-refractivity contribution in [3.8, 4) is 0 Å². The minimum Gasteiger partial charge on any atom is -0.387 e. The Kier molecular flexibility index (Phi) is 5.79. The lowest BCUT2D eigenvalue weighted by Crippen LogP contribution is -2.27. The van der Waals surface area contributed by atoms with E-state index in [1.165, 1.54) is 0 Å². The first-order valence-corrected chi connectivity index (χ1v) is 6.98. The van der Waals surface area contributed by atoms with Gasteiger partial charge in [-0.05, 0) is 17.7 Å². The Morgan fingerprint density at radius 2 is 1.76 bits per heavy atom. The highest BCUT2D eigenvalue weighted by atomic mass is 16.5. The highest BCUT2D eigenvalue weighted by molar-refractivity contribution is 5.99. The van der Waals surface area contributed by atoms with Crippen LogP contribution in [0.15, 0.2) is 54.6 Å². The van der Waals surface area contributed by atoms with Crippen LogP contribution in [-0.4, -0.2) is 26.1 Å². The van der Waals surface area contributed by atoms with E-state index in [0.717, 1.165) is 11.3 Å². The van der Waals surface area contributed by atoms with Gasteiger partial charge in [-0.2, -0.15) is 0 Å². The number of para-hydroxylation sites is 1. The average Bonchev–Trinajstić information content (AvgIpc) is 2.55. The van der Waals surface area contributed by atoms with Crippen molar-refractivity contribution in [3.05, 3.63) is 65.7 Å². The minimum atomic E-state index is -0.0942. The molecule has 0 aliphatic heterocycles. The van der Waals surface area contributed by atoms with Crippen LogP contribution in [-0.2, 0) is 11.3 Å². The van der Waals surface area contributed by atoms with E-state index in [2.05, 4.69) is 10.6 Å². The largest absolute Gasteiger partial charge is 0.387 e. The second-order valence-corrected chi connectivity index (χ2v) is 4.59. The normalized spacial score (nSPS) is 10.1. The summed E-state index contributed by atoms with van der Waals surface area (Å²) in [6, 6.07) is 17.4. The van der Waals surface area contributed by atoms with Crippen molar-refractivity contribution < 1.29 is 9.53 Å². The number of benzene rings is 2. The summed E-state index contributed by atoms with van der Waals surface area (Å²) in [4.78, 5) is 12.1. The Morgan fingerprint density at radius 1 is 1.05 bits per heavy atom. The molecule has 0 heterocycles. The zero-order chi connectivity index (χ0) is 14.9. The molecule has 0 unspecified atom stereocenters. The molecule has 110 valence electrons. The van der Waals surface area contributed by atoms with Crippen LogP contribution in [0.1, 0.15) is 15.9 Å². The number of amides is 1. The van der Waals surface area contributed by atoms with E-state index < -0.39 is 0 Å². The van der Waals surface area contributed by atoms with E-state index in [0.29, 0.717) is 25.3 Å². The summed E-state index contributed by atoms with van der Waals surface area (Å²) in [5.74, 6) is -0.0942. The molecule has 21 heavy (non-hydrogen) atoms. The van der Waals surface area contributed by atoms with Gasteiger partial charge in [0.05, 0.1) is 18.8 Å². The van der Waals surface area contributed by atoms with Crippen LogP contribution in [0.5, 0.6) is 0 Å². The molecule has 2 aromatic carbocycles. The summed E-state index contributed by atoms with van der Waals surface area (Å²) in [6.07, 6.45) is 0. The standard InChI is InChI=1S/C17H20N2O2/c1-18-16-10-6-5-9-15(16)17(20)19-11-12-21-13-14-7-3-2-4-8-14/h2-10,18H,11-13H2,1H3,(H,19,20). The molecule has 0 bridgehead atoms. The van der Waals surface area contributed by atoms with Crippen molar-refractivity contribution >= 4 is 11.6 Å². The Hall–Kier alpha value is -2.33. The SMILES string of the molecule is CNc1ccccc1C(=O)NCCOCc1ccccc1. The van der Waals surface area contributed by atoms with Gasteiger partial charge in [-0.15, -0.1) is 0 Å². The van der Waals surface area contributed by atoms with Crippen molar-refractivity contribution in [2.75, 3.05) is 25.5 Å². The molecular formula is C17H20N2O2. The molecule has 2 rings (SSSR count). The number of hydrogen-bond donors (Lipinski definition) is 2. The molecule has 1 amide bonds. The summed E-state index contributed by atoms with van der Waals surface area (Å²) in [6.45, 7) is 1.54. The maximum absolute atomic E-state index is 12.1. The van der Waals surface area contributed by atoms with Gasteiger partial charge in [0.25, 0.3) is 5.91 Å². The highest BCUT2D eigenvalue weighted by Crippen LogP contribution is 2.13. The third-order valence-corrected chi connectivity index (χ3v) is 3.08. The van der Waals surface area contributed by atoms with Crippen LogP contribution >= 0.6 is 0 Å². The Morgan fingerprint density at radius 3 is 2.52 bits per heavy atom. The van der Waals surface area contributed by atoms with Gasteiger partial charge >= 0.3 is 0 Å². The fraction of sp³-hybridized carbons (Fsp3) is 0.235. The molecule has 0 fully saturated rings. The molecular weight excluding hydrogens is 264 g/mol. The van der Waals surface area contributed by atoms with Crippen molar-refractivity contribution in [1.82, 2.24) is 5.32 Å². The van der Waals surface area contributed by atoms with Crippen molar-refractivity contribution in [2.45, 2.75) is 6.61 Å². The van der Waals surface area contributed by atoms with Crippen molar-refractivity contribution in [1.29, 1.82) is 0 Å².